The minimum atomic E-state index is 0.499. The Bertz CT molecular complexity index is 402. The number of piperidine rings is 1. The van der Waals surface area contributed by atoms with Gasteiger partial charge in [0.2, 0.25) is 5.88 Å². The lowest BCUT2D eigenvalue weighted by Crippen LogP contribution is -2.40. The zero-order valence-electron chi connectivity index (χ0n) is 11.6. The van der Waals surface area contributed by atoms with Gasteiger partial charge in [-0.1, -0.05) is 6.42 Å². The lowest BCUT2D eigenvalue weighted by molar-refractivity contribution is 0.120. The highest BCUT2D eigenvalue weighted by Crippen LogP contribution is 2.26. The molecule has 1 aromatic heterocycles. The Kier molecular flexibility index (Phi) is 4.11. The fourth-order valence-corrected chi connectivity index (χ4v) is 2.47. The van der Waals surface area contributed by atoms with Crippen LogP contribution in [0.5, 0.6) is 5.88 Å². The first-order valence-corrected chi connectivity index (χ1v) is 6.79. The Hall–Kier alpha value is -1.23. The van der Waals surface area contributed by atoms with Gasteiger partial charge in [-0.25, -0.2) is 4.68 Å². The number of rotatable bonds is 4. The molecule has 1 unspecified atom stereocenters. The maximum absolute atomic E-state index is 6.01. The molecule has 1 aliphatic rings. The van der Waals surface area contributed by atoms with Crippen LogP contribution in [0, 0.1) is 6.92 Å². The first kappa shape index (κ1) is 13.2. The van der Waals surface area contributed by atoms with Gasteiger partial charge >= 0.3 is 0 Å². The summed E-state index contributed by atoms with van der Waals surface area (Å²) in [6.45, 7) is 6.61. The molecule has 18 heavy (non-hydrogen) atoms. The van der Waals surface area contributed by atoms with Crippen LogP contribution in [0.1, 0.15) is 31.9 Å². The van der Waals surface area contributed by atoms with Crippen molar-refractivity contribution in [2.24, 2.45) is 0 Å². The second kappa shape index (κ2) is 5.61. The molecule has 0 radical (unpaired) electrons. The number of nitrogens with zero attached hydrogens (tertiary/aromatic N) is 3. The normalized spacial score (nSPS) is 21.2. The Morgan fingerprint density at radius 1 is 1.44 bits per heavy atom. The Labute approximate surface area is 109 Å². The molecule has 0 bridgehead atoms. The number of hydrogen-bond acceptors (Lipinski definition) is 4. The van der Waals surface area contributed by atoms with E-state index in [2.05, 4.69) is 17.0 Å². The predicted octanol–water partition coefficient (Wildman–Crippen LogP) is 1.66. The van der Waals surface area contributed by atoms with Gasteiger partial charge in [0.1, 0.15) is 12.3 Å². The molecule has 0 amide bonds. The van der Waals surface area contributed by atoms with Crippen molar-refractivity contribution in [3.8, 4) is 5.88 Å². The summed E-state index contributed by atoms with van der Waals surface area (Å²) in [7, 11) is 2.17. The summed E-state index contributed by atoms with van der Waals surface area (Å²) in [5, 5.41) is 4.36. The maximum atomic E-state index is 6.01. The predicted molar refractivity (Wildman–Crippen MR) is 72.8 cm³/mol. The highest BCUT2D eigenvalue weighted by molar-refractivity contribution is 5.52. The highest BCUT2D eigenvalue weighted by atomic mass is 16.5. The minimum Gasteiger partial charge on any atom is -0.475 e. The molecule has 5 heteroatoms. The maximum Gasteiger partial charge on any atom is 0.236 e. The number of hydrogen-bond donors (Lipinski definition) is 1. The summed E-state index contributed by atoms with van der Waals surface area (Å²) >= 11 is 0. The van der Waals surface area contributed by atoms with Gasteiger partial charge in [0.05, 0.1) is 5.69 Å². The molecule has 0 saturated carbocycles. The molecule has 102 valence electrons. The number of likely N-dealkylation sites (tertiary alicyclic amines) is 1. The summed E-state index contributed by atoms with van der Waals surface area (Å²) in [5.41, 5.74) is 7.53. The van der Waals surface area contributed by atoms with Gasteiger partial charge in [0.25, 0.3) is 0 Å². The van der Waals surface area contributed by atoms with E-state index in [0.717, 1.165) is 24.7 Å². The van der Waals surface area contributed by atoms with Gasteiger partial charge in [-0.2, -0.15) is 5.10 Å². The molecular formula is C13H24N4O. The minimum absolute atomic E-state index is 0.499. The van der Waals surface area contributed by atoms with Crippen LogP contribution in [0.2, 0.25) is 0 Å². The molecule has 0 aliphatic carbocycles. The summed E-state index contributed by atoms with van der Waals surface area (Å²) in [4.78, 5) is 2.37. The average molecular weight is 252 g/mol. The van der Waals surface area contributed by atoms with Crippen LogP contribution in [-0.2, 0) is 6.54 Å². The standard InChI is InChI=1S/C13H24N4O/c1-4-17-13(12(14)10(2)15-17)18-9-11-7-5-6-8-16(11)3/h11H,4-9,14H2,1-3H3. The van der Waals surface area contributed by atoms with E-state index in [1.54, 1.807) is 0 Å². The molecular weight excluding hydrogens is 228 g/mol. The molecule has 1 atom stereocenters. The third-order valence-corrected chi connectivity index (χ3v) is 3.76. The molecule has 5 nitrogen and oxygen atoms in total. The fraction of sp³-hybridized carbons (Fsp3) is 0.769. The van der Waals surface area contributed by atoms with Crippen LogP contribution in [0.4, 0.5) is 5.69 Å². The number of nitrogen functional groups attached to an aromatic ring is 1. The zero-order valence-corrected chi connectivity index (χ0v) is 11.6. The molecule has 1 aromatic rings. The Morgan fingerprint density at radius 3 is 2.89 bits per heavy atom. The molecule has 1 saturated heterocycles. The highest BCUT2D eigenvalue weighted by Gasteiger charge is 2.21. The lowest BCUT2D eigenvalue weighted by Gasteiger charge is -2.32. The number of likely N-dealkylation sites (N-methyl/N-ethyl adjacent to an activating group) is 1. The smallest absolute Gasteiger partial charge is 0.236 e. The van der Waals surface area contributed by atoms with Gasteiger partial charge < -0.3 is 15.4 Å². The topological polar surface area (TPSA) is 56.3 Å². The first-order valence-electron chi connectivity index (χ1n) is 6.79. The van der Waals surface area contributed by atoms with Crippen molar-refractivity contribution in [3.05, 3.63) is 5.69 Å². The van der Waals surface area contributed by atoms with Crippen LogP contribution >= 0.6 is 0 Å². The summed E-state index contributed by atoms with van der Waals surface area (Å²) in [6, 6.07) is 0.499. The number of aromatic nitrogens is 2. The van der Waals surface area contributed by atoms with Crippen molar-refractivity contribution in [2.45, 2.75) is 45.7 Å². The van der Waals surface area contributed by atoms with Crippen LogP contribution < -0.4 is 10.5 Å². The van der Waals surface area contributed by atoms with Crippen molar-refractivity contribution in [1.82, 2.24) is 14.7 Å². The van der Waals surface area contributed by atoms with E-state index >= 15 is 0 Å². The molecule has 2 heterocycles. The third-order valence-electron chi connectivity index (χ3n) is 3.76. The molecule has 0 spiro atoms. The van der Waals surface area contributed by atoms with Crippen molar-refractivity contribution in [3.63, 3.8) is 0 Å². The van der Waals surface area contributed by atoms with E-state index in [0.29, 0.717) is 18.3 Å². The summed E-state index contributed by atoms with van der Waals surface area (Å²) < 4.78 is 7.76. The SMILES string of the molecule is CCn1nc(C)c(N)c1OCC1CCCCN1C. The number of ether oxygens (including phenoxy) is 1. The fourth-order valence-electron chi connectivity index (χ4n) is 2.47. The van der Waals surface area contributed by atoms with Crippen LogP contribution in [0.15, 0.2) is 0 Å². The van der Waals surface area contributed by atoms with Crippen molar-refractivity contribution < 1.29 is 4.74 Å². The van der Waals surface area contributed by atoms with Crippen LogP contribution in [-0.4, -0.2) is 40.9 Å². The quantitative estimate of drug-likeness (QED) is 0.885. The van der Waals surface area contributed by atoms with Gasteiger partial charge in [-0.3, -0.25) is 0 Å². The van der Waals surface area contributed by atoms with Crippen molar-refractivity contribution >= 4 is 5.69 Å². The van der Waals surface area contributed by atoms with Gasteiger partial charge in [0, 0.05) is 12.6 Å². The Morgan fingerprint density at radius 2 is 2.22 bits per heavy atom. The molecule has 2 rings (SSSR count). The van der Waals surface area contributed by atoms with Crippen molar-refractivity contribution in [1.29, 1.82) is 0 Å². The molecule has 1 aliphatic heterocycles. The van der Waals surface area contributed by atoms with Gasteiger partial charge in [-0.05, 0) is 40.3 Å². The largest absolute Gasteiger partial charge is 0.475 e. The molecule has 0 aromatic carbocycles. The first-order chi connectivity index (χ1) is 8.63. The number of nitrogens with two attached hydrogens (primary N) is 1. The number of aryl methyl sites for hydroxylation is 2. The number of anilines is 1. The van der Waals surface area contributed by atoms with E-state index in [4.69, 9.17) is 10.5 Å². The van der Waals surface area contributed by atoms with E-state index < -0.39 is 0 Å². The lowest BCUT2D eigenvalue weighted by atomic mass is 10.0. The average Bonchev–Trinajstić information content (AvgIpc) is 2.65. The Balaban J connectivity index is 2.01. The molecule has 2 N–H and O–H groups in total. The van der Waals surface area contributed by atoms with Crippen LogP contribution in [0.25, 0.3) is 0 Å². The second-order valence-corrected chi connectivity index (χ2v) is 5.06. The van der Waals surface area contributed by atoms with E-state index in [1.165, 1.54) is 19.3 Å². The summed E-state index contributed by atoms with van der Waals surface area (Å²) in [6.07, 6.45) is 3.79. The van der Waals surface area contributed by atoms with Crippen LogP contribution in [0.3, 0.4) is 0 Å². The monoisotopic (exact) mass is 252 g/mol. The molecule has 1 fully saturated rings. The van der Waals surface area contributed by atoms with Gasteiger partial charge in [-0.15, -0.1) is 0 Å². The van der Waals surface area contributed by atoms with E-state index in [-0.39, 0.29) is 0 Å². The zero-order chi connectivity index (χ0) is 13.1. The van der Waals surface area contributed by atoms with E-state index in [1.807, 2.05) is 18.5 Å². The van der Waals surface area contributed by atoms with E-state index in [9.17, 15) is 0 Å². The van der Waals surface area contributed by atoms with Crippen molar-refractivity contribution in [2.75, 3.05) is 25.9 Å². The second-order valence-electron chi connectivity index (χ2n) is 5.06. The third kappa shape index (κ3) is 2.61. The van der Waals surface area contributed by atoms with Gasteiger partial charge in [0.15, 0.2) is 0 Å². The summed E-state index contributed by atoms with van der Waals surface area (Å²) in [5.74, 6) is 0.731.